The molecule has 2 rings (SSSR count). The predicted molar refractivity (Wildman–Crippen MR) is 131 cm³/mol. The highest BCUT2D eigenvalue weighted by atomic mass is 19.1. The molecule has 0 radical (unpaired) electrons. The molecule has 2 aromatic carbocycles. The molecule has 2 aromatic rings. The fraction of sp³-hybridized carbons (Fsp3) is 0.517. The summed E-state index contributed by atoms with van der Waals surface area (Å²) in [5, 5.41) is 0. The molecule has 0 amide bonds. The van der Waals surface area contributed by atoms with Crippen LogP contribution < -0.4 is 0 Å². The molecule has 0 fully saturated rings. The maximum atomic E-state index is 13.6. The monoisotopic (exact) mass is 408 g/mol. The molecule has 0 aliphatic rings. The molecule has 0 unspecified atom stereocenters. The first-order chi connectivity index (χ1) is 14.7. The molecule has 30 heavy (non-hydrogen) atoms. The summed E-state index contributed by atoms with van der Waals surface area (Å²) in [5.74, 6) is -0.0303. The fourth-order valence-electron chi connectivity index (χ4n) is 3.90. The number of unbranched alkanes of at least 4 members (excludes halogenated alkanes) is 7. The Kier molecular flexibility index (Phi) is 12.2. The molecule has 0 nitrogen and oxygen atoms in total. The summed E-state index contributed by atoms with van der Waals surface area (Å²) in [6.45, 7) is 4.28. The average Bonchev–Trinajstić information content (AvgIpc) is 2.76. The Morgan fingerprint density at radius 3 is 1.60 bits per heavy atom. The lowest BCUT2D eigenvalue weighted by atomic mass is 10.00. The highest BCUT2D eigenvalue weighted by Crippen LogP contribution is 2.16. The van der Waals surface area contributed by atoms with Gasteiger partial charge in [0, 0.05) is 0 Å². The molecular formula is C29H41F. The van der Waals surface area contributed by atoms with E-state index in [0.717, 1.165) is 24.8 Å². The fourth-order valence-corrected chi connectivity index (χ4v) is 3.90. The van der Waals surface area contributed by atoms with Crippen molar-refractivity contribution in [2.75, 3.05) is 0 Å². The van der Waals surface area contributed by atoms with E-state index in [1.807, 2.05) is 19.1 Å². The second-order valence-electron chi connectivity index (χ2n) is 8.62. The summed E-state index contributed by atoms with van der Waals surface area (Å²) in [7, 11) is 0. The zero-order valence-electron chi connectivity index (χ0n) is 19.3. The van der Waals surface area contributed by atoms with Crippen molar-refractivity contribution in [1.82, 2.24) is 0 Å². The third-order valence-corrected chi connectivity index (χ3v) is 5.84. The molecule has 0 saturated carbocycles. The maximum Gasteiger partial charge on any atom is 0.100 e. The van der Waals surface area contributed by atoms with Crippen LogP contribution in [-0.2, 0) is 19.3 Å². The minimum atomic E-state index is -0.0303. The number of rotatable bonds is 15. The summed E-state index contributed by atoms with van der Waals surface area (Å²) < 4.78 is 13.6. The number of hydrogen-bond acceptors (Lipinski definition) is 0. The van der Waals surface area contributed by atoms with Crippen molar-refractivity contribution >= 4 is 6.08 Å². The Morgan fingerprint density at radius 2 is 1.07 bits per heavy atom. The zero-order chi connectivity index (χ0) is 21.4. The molecule has 0 N–H and O–H groups in total. The SMILES string of the molecule is CCCCCCCCCCc1ccc(CCc2ccc(/C=C(/F)CCC)cc2)cc1. The number of hydrogen-bond donors (Lipinski definition) is 0. The Bertz CT molecular complexity index is 709. The van der Waals surface area contributed by atoms with E-state index in [1.165, 1.54) is 74.5 Å². The van der Waals surface area contributed by atoms with Gasteiger partial charge >= 0.3 is 0 Å². The highest BCUT2D eigenvalue weighted by Gasteiger charge is 2.00. The molecule has 0 aliphatic carbocycles. The number of allylic oxidation sites excluding steroid dienone is 1. The topological polar surface area (TPSA) is 0 Å². The molecule has 0 saturated heterocycles. The molecule has 0 aliphatic heterocycles. The third-order valence-electron chi connectivity index (χ3n) is 5.84. The largest absolute Gasteiger partial charge is 0.212 e. The van der Waals surface area contributed by atoms with E-state index in [0.29, 0.717) is 6.42 Å². The van der Waals surface area contributed by atoms with Crippen molar-refractivity contribution in [2.24, 2.45) is 0 Å². The summed E-state index contributed by atoms with van der Waals surface area (Å²) >= 11 is 0. The van der Waals surface area contributed by atoms with E-state index < -0.39 is 0 Å². The summed E-state index contributed by atoms with van der Waals surface area (Å²) in [6.07, 6.45) is 17.3. The Hall–Kier alpha value is -1.89. The Morgan fingerprint density at radius 1 is 0.600 bits per heavy atom. The van der Waals surface area contributed by atoms with Crippen LogP contribution in [-0.4, -0.2) is 0 Å². The minimum absolute atomic E-state index is 0.0303. The third kappa shape index (κ3) is 10.2. The first-order valence-corrected chi connectivity index (χ1v) is 12.2. The minimum Gasteiger partial charge on any atom is -0.212 e. The van der Waals surface area contributed by atoms with Gasteiger partial charge in [0.25, 0.3) is 0 Å². The van der Waals surface area contributed by atoms with Crippen LogP contribution in [0.15, 0.2) is 54.4 Å². The molecule has 164 valence electrons. The van der Waals surface area contributed by atoms with E-state index in [9.17, 15) is 4.39 Å². The van der Waals surface area contributed by atoms with E-state index >= 15 is 0 Å². The lowest BCUT2D eigenvalue weighted by molar-refractivity contribution is 0.575. The molecule has 0 bridgehead atoms. The van der Waals surface area contributed by atoms with E-state index in [4.69, 9.17) is 0 Å². The lowest BCUT2D eigenvalue weighted by Gasteiger charge is -2.06. The predicted octanol–water partition coefficient (Wildman–Crippen LogP) is 9.27. The number of benzene rings is 2. The second kappa shape index (κ2) is 15.0. The zero-order valence-corrected chi connectivity index (χ0v) is 19.3. The van der Waals surface area contributed by atoms with Gasteiger partial charge in [0.1, 0.15) is 5.83 Å². The average molecular weight is 409 g/mol. The van der Waals surface area contributed by atoms with Crippen molar-refractivity contribution < 1.29 is 4.39 Å². The van der Waals surface area contributed by atoms with Gasteiger partial charge in [-0.05, 0) is 66.9 Å². The molecule has 1 heteroatoms. The van der Waals surface area contributed by atoms with E-state index in [2.05, 4.69) is 43.3 Å². The number of aryl methyl sites for hydroxylation is 3. The quantitative estimate of drug-likeness (QED) is 0.258. The summed E-state index contributed by atoms with van der Waals surface area (Å²) in [5.41, 5.74) is 5.13. The van der Waals surface area contributed by atoms with Crippen LogP contribution in [0.3, 0.4) is 0 Å². The van der Waals surface area contributed by atoms with Crippen molar-refractivity contribution in [3.8, 4) is 0 Å². The van der Waals surface area contributed by atoms with Gasteiger partial charge in [-0.2, -0.15) is 0 Å². The second-order valence-corrected chi connectivity index (χ2v) is 8.62. The van der Waals surface area contributed by atoms with Gasteiger partial charge in [-0.1, -0.05) is 107 Å². The highest BCUT2D eigenvalue weighted by molar-refractivity contribution is 5.51. The molecule has 0 spiro atoms. The van der Waals surface area contributed by atoms with Crippen LogP contribution >= 0.6 is 0 Å². The van der Waals surface area contributed by atoms with Crippen LogP contribution in [0.25, 0.3) is 6.08 Å². The smallest absolute Gasteiger partial charge is 0.100 e. The van der Waals surface area contributed by atoms with Gasteiger partial charge < -0.3 is 0 Å². The lowest BCUT2D eigenvalue weighted by Crippen LogP contribution is -1.93. The Balaban J connectivity index is 1.66. The van der Waals surface area contributed by atoms with Crippen LogP contribution in [0.2, 0.25) is 0 Å². The van der Waals surface area contributed by atoms with Gasteiger partial charge in [-0.15, -0.1) is 0 Å². The van der Waals surface area contributed by atoms with Crippen LogP contribution in [0, 0.1) is 0 Å². The molecule has 0 aromatic heterocycles. The van der Waals surface area contributed by atoms with Gasteiger partial charge in [-0.25, -0.2) is 4.39 Å². The normalized spacial score (nSPS) is 11.8. The van der Waals surface area contributed by atoms with Gasteiger partial charge in [0.2, 0.25) is 0 Å². The van der Waals surface area contributed by atoms with Crippen molar-refractivity contribution in [1.29, 1.82) is 0 Å². The standard InChI is InChI=1S/C29H41F/c1-3-5-6-7-8-9-10-11-13-25-14-16-26(17-15-25)18-19-27-20-22-28(23-21-27)24-29(30)12-4-2/h14-17,20-24H,3-13,18-19H2,1-2H3/b29-24+. The van der Waals surface area contributed by atoms with Crippen LogP contribution in [0.1, 0.15) is 100 Å². The van der Waals surface area contributed by atoms with Crippen molar-refractivity contribution in [2.45, 2.75) is 97.3 Å². The first-order valence-electron chi connectivity index (χ1n) is 12.2. The summed E-state index contributed by atoms with van der Waals surface area (Å²) in [4.78, 5) is 0. The van der Waals surface area contributed by atoms with Crippen molar-refractivity contribution in [3.05, 3.63) is 76.6 Å². The molecule has 0 atom stereocenters. The van der Waals surface area contributed by atoms with E-state index in [1.54, 1.807) is 6.08 Å². The maximum absolute atomic E-state index is 13.6. The van der Waals surface area contributed by atoms with Crippen LogP contribution in [0.4, 0.5) is 4.39 Å². The van der Waals surface area contributed by atoms with Gasteiger partial charge in [0.05, 0.1) is 0 Å². The van der Waals surface area contributed by atoms with E-state index in [-0.39, 0.29) is 5.83 Å². The first kappa shape index (κ1) is 24.4. The Labute approximate surface area is 184 Å². The van der Waals surface area contributed by atoms with Gasteiger partial charge in [-0.3, -0.25) is 0 Å². The van der Waals surface area contributed by atoms with Gasteiger partial charge in [0.15, 0.2) is 0 Å². The van der Waals surface area contributed by atoms with Crippen LogP contribution in [0.5, 0.6) is 0 Å². The number of halogens is 1. The summed E-state index contributed by atoms with van der Waals surface area (Å²) in [6, 6.07) is 17.5. The molecule has 0 heterocycles. The molecular weight excluding hydrogens is 367 g/mol. The van der Waals surface area contributed by atoms with Crippen molar-refractivity contribution in [3.63, 3.8) is 0 Å².